The summed E-state index contributed by atoms with van der Waals surface area (Å²) in [7, 11) is 0. The second kappa shape index (κ2) is 9.25. The minimum absolute atomic E-state index is 0.00643. The fraction of sp³-hybridized carbons (Fsp3) is 0.143. The largest absolute Gasteiger partial charge is 0.245 e. The molecular weight excluding hydrogens is 476 g/mol. The summed E-state index contributed by atoms with van der Waals surface area (Å²) < 4.78 is 0. The van der Waals surface area contributed by atoms with Gasteiger partial charge in [0.25, 0.3) is 0 Å². The summed E-state index contributed by atoms with van der Waals surface area (Å²) in [5, 5.41) is 0. The van der Waals surface area contributed by atoms with E-state index in [4.69, 9.17) is 0 Å². The zero-order valence-corrected chi connectivity index (χ0v) is 22.1. The molecule has 5 aromatic rings. The maximum Gasteiger partial charge on any atom is 0.116 e. The van der Waals surface area contributed by atoms with Crippen molar-refractivity contribution in [1.29, 1.82) is 0 Å². The minimum Gasteiger partial charge on any atom is -0.245 e. The highest BCUT2D eigenvalue weighted by molar-refractivity contribution is 5.90. The van der Waals surface area contributed by atoms with Crippen LogP contribution in [0.1, 0.15) is 49.1 Å². The van der Waals surface area contributed by atoms with Gasteiger partial charge in [-0.2, -0.15) is 0 Å². The van der Waals surface area contributed by atoms with Crippen molar-refractivity contribution in [3.8, 4) is 33.5 Å². The van der Waals surface area contributed by atoms with E-state index in [1.165, 1.54) is 50.1 Å². The van der Waals surface area contributed by atoms with Gasteiger partial charge in [0.05, 0.1) is 11.4 Å². The lowest BCUT2D eigenvalue weighted by molar-refractivity contribution is 0.660. The lowest BCUT2D eigenvalue weighted by atomic mass is 9.82. The van der Waals surface area contributed by atoms with Gasteiger partial charge < -0.3 is 0 Å². The van der Waals surface area contributed by atoms with Crippen LogP contribution in [0.2, 0.25) is 0 Å². The highest BCUT2D eigenvalue weighted by atomic mass is 14.8. The Kier molecular flexibility index (Phi) is 5.55. The maximum atomic E-state index is 4.58. The van der Waals surface area contributed by atoms with Gasteiger partial charge in [-0.1, -0.05) is 56.3 Å². The molecule has 2 aromatic heterocycles. The van der Waals surface area contributed by atoms with Gasteiger partial charge in [-0.05, 0) is 105 Å². The van der Waals surface area contributed by atoms with Crippen LogP contribution in [-0.2, 0) is 5.41 Å². The fourth-order valence-electron chi connectivity index (χ4n) is 6.06. The van der Waals surface area contributed by atoms with E-state index in [0.29, 0.717) is 0 Å². The standard InChI is InChI=1S/C35H28N4/c1-35(2)31-9-4-3-8-29(31)30-20-24(10-11-32(30)35)27-17-26(18-28(19-27)34-13-15-37-22-39-34)23-6-5-7-25(16-23)33-12-14-36-21-38-33/h3-4,6,8-22H,5,7H2,1-2H3. The van der Waals surface area contributed by atoms with Crippen LogP contribution in [0.5, 0.6) is 0 Å². The SMILES string of the molecule is CC1(C)c2ccccc2-c2cc(-c3cc(C4=CCCC(c5ccncn5)=C4)cc(-c4ccncn4)c3)ccc21. The second-order valence-electron chi connectivity index (χ2n) is 10.8. The van der Waals surface area contributed by atoms with Gasteiger partial charge in [0.2, 0.25) is 0 Å². The van der Waals surface area contributed by atoms with Gasteiger partial charge in [0.15, 0.2) is 0 Å². The summed E-state index contributed by atoms with van der Waals surface area (Å²) in [6, 6.07) is 26.5. The zero-order valence-electron chi connectivity index (χ0n) is 22.1. The van der Waals surface area contributed by atoms with Crippen LogP contribution in [0.3, 0.4) is 0 Å². The smallest absolute Gasteiger partial charge is 0.116 e. The van der Waals surface area contributed by atoms with Gasteiger partial charge in [-0.15, -0.1) is 0 Å². The average molecular weight is 505 g/mol. The Labute approximate surface area is 228 Å². The van der Waals surface area contributed by atoms with E-state index < -0.39 is 0 Å². The molecule has 0 fully saturated rings. The molecule has 0 atom stereocenters. The van der Waals surface area contributed by atoms with E-state index in [0.717, 1.165) is 29.8 Å². The minimum atomic E-state index is -0.00643. The molecule has 0 amide bonds. The van der Waals surface area contributed by atoms with Crippen molar-refractivity contribution in [2.24, 2.45) is 0 Å². The van der Waals surface area contributed by atoms with Crippen LogP contribution in [0, 0.1) is 0 Å². The predicted octanol–water partition coefficient (Wildman–Crippen LogP) is 8.17. The molecule has 0 spiro atoms. The molecule has 188 valence electrons. The number of rotatable bonds is 4. The first-order valence-corrected chi connectivity index (χ1v) is 13.4. The zero-order chi connectivity index (χ0) is 26.4. The first-order chi connectivity index (χ1) is 19.1. The van der Waals surface area contributed by atoms with Crippen molar-refractivity contribution >= 4 is 11.1 Å². The molecule has 0 unspecified atom stereocenters. The van der Waals surface area contributed by atoms with E-state index in [2.05, 4.69) is 107 Å². The summed E-state index contributed by atoms with van der Waals surface area (Å²) in [4.78, 5) is 17.3. The number of allylic oxidation sites excluding steroid dienone is 4. The summed E-state index contributed by atoms with van der Waals surface area (Å²) >= 11 is 0. The molecule has 0 N–H and O–H groups in total. The Bertz CT molecular complexity index is 1770. The second-order valence-corrected chi connectivity index (χ2v) is 10.8. The van der Waals surface area contributed by atoms with Crippen LogP contribution < -0.4 is 0 Å². The Morgan fingerprint density at radius 2 is 1.36 bits per heavy atom. The van der Waals surface area contributed by atoms with E-state index in [9.17, 15) is 0 Å². The Morgan fingerprint density at radius 1 is 0.641 bits per heavy atom. The monoisotopic (exact) mass is 504 g/mol. The topological polar surface area (TPSA) is 51.6 Å². The molecular formula is C35H28N4. The molecule has 4 heteroatoms. The molecule has 4 nitrogen and oxygen atoms in total. The summed E-state index contributed by atoms with van der Waals surface area (Å²) in [6.07, 6.45) is 13.4. The van der Waals surface area contributed by atoms with Gasteiger partial charge in [-0.25, -0.2) is 19.9 Å². The predicted molar refractivity (Wildman–Crippen MR) is 158 cm³/mol. The van der Waals surface area contributed by atoms with Gasteiger partial charge in [0.1, 0.15) is 12.7 Å². The molecule has 7 rings (SSSR count). The molecule has 39 heavy (non-hydrogen) atoms. The Hall–Kier alpha value is -4.70. The van der Waals surface area contributed by atoms with Crippen LogP contribution in [0.25, 0.3) is 44.7 Å². The number of nitrogens with zero attached hydrogens (tertiary/aromatic N) is 4. The lowest BCUT2D eigenvalue weighted by Gasteiger charge is -2.21. The van der Waals surface area contributed by atoms with Crippen molar-refractivity contribution < 1.29 is 0 Å². The van der Waals surface area contributed by atoms with Crippen LogP contribution in [0.15, 0.2) is 110 Å². The lowest BCUT2D eigenvalue weighted by Crippen LogP contribution is -2.14. The highest BCUT2D eigenvalue weighted by Crippen LogP contribution is 2.49. The van der Waals surface area contributed by atoms with Crippen molar-refractivity contribution in [3.63, 3.8) is 0 Å². The maximum absolute atomic E-state index is 4.58. The van der Waals surface area contributed by atoms with Crippen molar-refractivity contribution in [3.05, 3.63) is 132 Å². The van der Waals surface area contributed by atoms with E-state index in [-0.39, 0.29) is 5.41 Å². The van der Waals surface area contributed by atoms with E-state index in [1.807, 2.05) is 18.3 Å². The fourth-order valence-corrected chi connectivity index (χ4v) is 6.06. The molecule has 0 aliphatic heterocycles. The quantitative estimate of drug-likeness (QED) is 0.248. The number of hydrogen-bond acceptors (Lipinski definition) is 4. The summed E-state index contributed by atoms with van der Waals surface area (Å²) in [6.45, 7) is 4.64. The first kappa shape index (κ1) is 23.4. The molecule has 3 aromatic carbocycles. The molecule has 0 saturated heterocycles. The number of aromatic nitrogens is 4. The van der Waals surface area contributed by atoms with Gasteiger partial charge >= 0.3 is 0 Å². The third kappa shape index (κ3) is 4.09. The molecule has 2 heterocycles. The van der Waals surface area contributed by atoms with Gasteiger partial charge in [0, 0.05) is 23.4 Å². The van der Waals surface area contributed by atoms with Crippen molar-refractivity contribution in [1.82, 2.24) is 19.9 Å². The summed E-state index contributed by atoms with van der Waals surface area (Å²) in [5.74, 6) is 0. The van der Waals surface area contributed by atoms with Crippen LogP contribution in [0.4, 0.5) is 0 Å². The Balaban J connectivity index is 1.38. The van der Waals surface area contributed by atoms with Crippen molar-refractivity contribution in [2.75, 3.05) is 0 Å². The number of hydrogen-bond donors (Lipinski definition) is 0. The summed E-state index contributed by atoms with van der Waals surface area (Å²) in [5.41, 5.74) is 14.4. The number of fused-ring (bicyclic) bond motifs is 3. The van der Waals surface area contributed by atoms with E-state index in [1.54, 1.807) is 18.9 Å². The molecule has 2 aliphatic rings. The van der Waals surface area contributed by atoms with Crippen molar-refractivity contribution in [2.45, 2.75) is 32.1 Å². The molecule has 0 saturated carbocycles. The highest BCUT2D eigenvalue weighted by Gasteiger charge is 2.35. The molecule has 0 radical (unpaired) electrons. The number of benzene rings is 3. The van der Waals surface area contributed by atoms with Crippen LogP contribution >= 0.6 is 0 Å². The first-order valence-electron chi connectivity index (χ1n) is 13.4. The molecule has 0 bridgehead atoms. The third-order valence-corrected chi connectivity index (χ3v) is 8.08. The van der Waals surface area contributed by atoms with Crippen LogP contribution in [-0.4, -0.2) is 19.9 Å². The Morgan fingerprint density at radius 3 is 2.15 bits per heavy atom. The average Bonchev–Trinajstić information content (AvgIpc) is 3.24. The third-order valence-electron chi connectivity index (χ3n) is 8.08. The van der Waals surface area contributed by atoms with E-state index >= 15 is 0 Å². The normalized spacial score (nSPS) is 15.2. The molecule has 2 aliphatic carbocycles. The van der Waals surface area contributed by atoms with Gasteiger partial charge in [-0.3, -0.25) is 0 Å².